The first-order valence-corrected chi connectivity index (χ1v) is 10.1. The summed E-state index contributed by atoms with van der Waals surface area (Å²) in [4.78, 5) is 2.64. The molecule has 2 aromatic carbocycles. The molecule has 0 spiro atoms. The molecule has 5 heteroatoms. The van der Waals surface area contributed by atoms with E-state index in [1.165, 1.54) is 36.8 Å². The largest absolute Gasteiger partial charge is 0.489 e. The first-order chi connectivity index (χ1) is 12.9. The van der Waals surface area contributed by atoms with Crippen LogP contribution in [-0.2, 0) is 6.61 Å². The number of benzene rings is 2. The highest BCUT2D eigenvalue weighted by atomic mass is 35.5. The minimum atomic E-state index is 0. The molecule has 1 atom stereocenters. The molecule has 1 saturated heterocycles. The molecule has 1 aliphatic heterocycles. The summed E-state index contributed by atoms with van der Waals surface area (Å²) in [7, 11) is 0. The van der Waals surface area contributed by atoms with E-state index in [1.807, 2.05) is 6.07 Å². The smallest absolute Gasteiger partial charge is 0.124 e. The van der Waals surface area contributed by atoms with E-state index in [0.29, 0.717) is 12.6 Å². The highest BCUT2D eigenvalue weighted by Crippen LogP contribution is 2.34. The number of halogens is 2. The van der Waals surface area contributed by atoms with Gasteiger partial charge in [0.15, 0.2) is 0 Å². The van der Waals surface area contributed by atoms with Gasteiger partial charge in [0.1, 0.15) is 12.4 Å². The Morgan fingerprint density at radius 3 is 2.32 bits per heavy atom. The predicted molar refractivity (Wildman–Crippen MR) is 123 cm³/mol. The SMILES string of the molecule is CCCCC[C@@H](c1ccccc1OCc1ccccc1)N1CCNCC1.Cl.Cl. The van der Waals surface area contributed by atoms with E-state index < -0.39 is 0 Å². The van der Waals surface area contributed by atoms with Crippen molar-refractivity contribution in [1.29, 1.82) is 0 Å². The summed E-state index contributed by atoms with van der Waals surface area (Å²) in [5.74, 6) is 1.04. The zero-order valence-electron chi connectivity index (χ0n) is 16.8. The van der Waals surface area contributed by atoms with Crippen molar-refractivity contribution in [2.75, 3.05) is 26.2 Å². The molecule has 3 nitrogen and oxygen atoms in total. The van der Waals surface area contributed by atoms with Gasteiger partial charge in [-0.15, -0.1) is 24.8 Å². The van der Waals surface area contributed by atoms with E-state index in [1.54, 1.807) is 0 Å². The molecular formula is C23H34Cl2N2O. The fraction of sp³-hybridized carbons (Fsp3) is 0.478. The van der Waals surface area contributed by atoms with E-state index in [2.05, 4.69) is 65.7 Å². The Bertz CT molecular complexity index is 648. The van der Waals surface area contributed by atoms with E-state index in [0.717, 1.165) is 31.9 Å². The van der Waals surface area contributed by atoms with Crippen LogP contribution in [0.1, 0.15) is 49.8 Å². The van der Waals surface area contributed by atoms with Gasteiger partial charge in [-0.05, 0) is 18.1 Å². The second-order valence-corrected chi connectivity index (χ2v) is 7.11. The van der Waals surface area contributed by atoms with Gasteiger partial charge in [-0.25, -0.2) is 0 Å². The van der Waals surface area contributed by atoms with Gasteiger partial charge in [0.05, 0.1) is 0 Å². The van der Waals surface area contributed by atoms with Gasteiger partial charge in [-0.1, -0.05) is 74.7 Å². The molecule has 1 N–H and O–H groups in total. The van der Waals surface area contributed by atoms with Crippen molar-refractivity contribution in [1.82, 2.24) is 10.2 Å². The van der Waals surface area contributed by atoms with Crippen LogP contribution in [0, 0.1) is 0 Å². The lowest BCUT2D eigenvalue weighted by Crippen LogP contribution is -2.45. The van der Waals surface area contributed by atoms with Crippen LogP contribution in [0.3, 0.4) is 0 Å². The highest BCUT2D eigenvalue weighted by molar-refractivity contribution is 5.85. The number of para-hydroxylation sites is 1. The molecule has 156 valence electrons. The minimum absolute atomic E-state index is 0. The van der Waals surface area contributed by atoms with Crippen LogP contribution in [0.2, 0.25) is 0 Å². The predicted octanol–water partition coefficient (Wildman–Crippen LogP) is 5.64. The van der Waals surface area contributed by atoms with Gasteiger partial charge in [0.2, 0.25) is 0 Å². The van der Waals surface area contributed by atoms with Gasteiger partial charge in [0, 0.05) is 37.8 Å². The summed E-state index contributed by atoms with van der Waals surface area (Å²) in [5, 5.41) is 3.48. The van der Waals surface area contributed by atoms with Crippen LogP contribution in [0.4, 0.5) is 0 Å². The second-order valence-electron chi connectivity index (χ2n) is 7.11. The third-order valence-electron chi connectivity index (χ3n) is 5.19. The molecule has 0 bridgehead atoms. The van der Waals surface area contributed by atoms with Crippen LogP contribution in [0.15, 0.2) is 54.6 Å². The van der Waals surface area contributed by atoms with Crippen molar-refractivity contribution >= 4 is 24.8 Å². The maximum absolute atomic E-state index is 6.26. The van der Waals surface area contributed by atoms with Crippen LogP contribution < -0.4 is 10.1 Å². The number of rotatable bonds is 9. The standard InChI is InChI=1S/C23H32N2O.2ClH/c1-2-3-5-13-22(25-17-15-24-16-18-25)21-12-8-9-14-23(21)26-19-20-10-6-4-7-11-20;;/h4,6-12,14,22,24H,2-3,5,13,15-19H2,1H3;2*1H/t22-;;/m0../s1. The summed E-state index contributed by atoms with van der Waals surface area (Å²) in [5.41, 5.74) is 2.56. The summed E-state index contributed by atoms with van der Waals surface area (Å²) >= 11 is 0. The zero-order chi connectivity index (χ0) is 18.0. The molecule has 0 amide bonds. The normalized spacial score (nSPS) is 15.2. The van der Waals surface area contributed by atoms with Crippen LogP contribution in [-0.4, -0.2) is 31.1 Å². The van der Waals surface area contributed by atoms with Crippen LogP contribution in [0.25, 0.3) is 0 Å². The lowest BCUT2D eigenvalue weighted by molar-refractivity contribution is 0.158. The van der Waals surface area contributed by atoms with Gasteiger partial charge < -0.3 is 10.1 Å². The van der Waals surface area contributed by atoms with Crippen molar-refractivity contribution in [2.45, 2.75) is 45.3 Å². The highest BCUT2D eigenvalue weighted by Gasteiger charge is 2.24. The van der Waals surface area contributed by atoms with Crippen molar-refractivity contribution in [2.24, 2.45) is 0 Å². The number of ether oxygens (including phenoxy) is 1. The number of hydrogen-bond donors (Lipinski definition) is 1. The lowest BCUT2D eigenvalue weighted by Gasteiger charge is -2.36. The quantitative estimate of drug-likeness (QED) is 0.527. The number of hydrogen-bond acceptors (Lipinski definition) is 3. The minimum Gasteiger partial charge on any atom is -0.489 e. The van der Waals surface area contributed by atoms with E-state index >= 15 is 0 Å². The number of nitrogens with one attached hydrogen (secondary N) is 1. The molecule has 28 heavy (non-hydrogen) atoms. The Balaban J connectivity index is 0.00000196. The third-order valence-corrected chi connectivity index (χ3v) is 5.19. The van der Waals surface area contributed by atoms with Gasteiger partial charge >= 0.3 is 0 Å². The molecule has 0 aliphatic carbocycles. The maximum atomic E-state index is 6.26. The van der Waals surface area contributed by atoms with Crippen molar-refractivity contribution in [3.05, 3.63) is 65.7 Å². The summed E-state index contributed by atoms with van der Waals surface area (Å²) in [6, 6.07) is 19.5. The topological polar surface area (TPSA) is 24.5 Å². The molecule has 1 aliphatic rings. The molecule has 0 aromatic heterocycles. The van der Waals surface area contributed by atoms with E-state index in [4.69, 9.17) is 4.74 Å². The number of piperazine rings is 1. The first kappa shape index (κ1) is 24.8. The number of unbranched alkanes of at least 4 members (excludes halogenated alkanes) is 2. The fourth-order valence-corrected chi connectivity index (χ4v) is 3.74. The van der Waals surface area contributed by atoms with Gasteiger partial charge in [0.25, 0.3) is 0 Å². The monoisotopic (exact) mass is 424 g/mol. The Labute approximate surface area is 182 Å². The number of nitrogens with zero attached hydrogens (tertiary/aromatic N) is 1. The van der Waals surface area contributed by atoms with Crippen molar-refractivity contribution in [3.63, 3.8) is 0 Å². The molecule has 0 unspecified atom stereocenters. The average Bonchev–Trinajstić information content (AvgIpc) is 2.72. The molecule has 3 rings (SSSR count). The maximum Gasteiger partial charge on any atom is 0.124 e. The van der Waals surface area contributed by atoms with E-state index in [-0.39, 0.29) is 24.8 Å². The molecule has 1 fully saturated rings. The Kier molecular flexibility index (Phi) is 12.2. The third kappa shape index (κ3) is 7.29. The van der Waals surface area contributed by atoms with Gasteiger partial charge in [-0.2, -0.15) is 0 Å². The molecule has 0 saturated carbocycles. The fourth-order valence-electron chi connectivity index (χ4n) is 3.74. The van der Waals surface area contributed by atoms with E-state index in [9.17, 15) is 0 Å². The molecule has 2 aromatic rings. The summed E-state index contributed by atoms with van der Waals surface area (Å²) in [6.07, 6.45) is 5.05. The Hall–Kier alpha value is -1.26. The first-order valence-electron chi connectivity index (χ1n) is 10.1. The summed E-state index contributed by atoms with van der Waals surface area (Å²) in [6.45, 7) is 7.29. The van der Waals surface area contributed by atoms with Crippen molar-refractivity contribution in [3.8, 4) is 5.75 Å². The van der Waals surface area contributed by atoms with Crippen LogP contribution in [0.5, 0.6) is 5.75 Å². The Morgan fingerprint density at radius 1 is 0.929 bits per heavy atom. The second kappa shape index (κ2) is 13.8. The molecule has 0 radical (unpaired) electrons. The van der Waals surface area contributed by atoms with Crippen molar-refractivity contribution < 1.29 is 4.74 Å². The zero-order valence-corrected chi connectivity index (χ0v) is 18.4. The lowest BCUT2D eigenvalue weighted by atomic mass is 9.97. The Morgan fingerprint density at radius 2 is 1.61 bits per heavy atom. The average molecular weight is 425 g/mol. The van der Waals surface area contributed by atoms with Crippen LogP contribution >= 0.6 is 24.8 Å². The van der Waals surface area contributed by atoms with Gasteiger partial charge in [-0.3, -0.25) is 4.90 Å². The molecule has 1 heterocycles. The molecular weight excluding hydrogens is 391 g/mol. The summed E-state index contributed by atoms with van der Waals surface area (Å²) < 4.78 is 6.26.